The molecule has 0 saturated carbocycles. The number of aromatic amines is 1. The van der Waals surface area contributed by atoms with Crippen LogP contribution in [0.4, 0.5) is 0 Å². The quantitative estimate of drug-likeness (QED) is 0.562. The molecule has 132 valence electrons. The summed E-state index contributed by atoms with van der Waals surface area (Å²) in [6, 6.07) is 11.9. The highest BCUT2D eigenvalue weighted by atomic mass is 35.5. The summed E-state index contributed by atoms with van der Waals surface area (Å²) in [5.74, 6) is 0.776. The van der Waals surface area contributed by atoms with E-state index in [4.69, 9.17) is 23.2 Å². The lowest BCUT2D eigenvalue weighted by Gasteiger charge is -2.09. The lowest BCUT2D eigenvalue weighted by Crippen LogP contribution is -2.03. The minimum absolute atomic E-state index is 0.526. The fourth-order valence-electron chi connectivity index (χ4n) is 3.04. The molecule has 0 aliphatic heterocycles. The molecule has 4 aromatic rings. The molecular weight excluding hydrogens is 371 g/mol. The van der Waals surface area contributed by atoms with Crippen LogP contribution in [0.3, 0.4) is 0 Å². The van der Waals surface area contributed by atoms with Crippen LogP contribution in [0, 0.1) is 6.92 Å². The smallest absolute Gasteiger partial charge is 0.148 e. The Labute approximate surface area is 160 Å². The Kier molecular flexibility index (Phi) is 4.61. The predicted octanol–water partition coefficient (Wildman–Crippen LogP) is 4.00. The number of fused-ring (bicyclic) bond motifs is 1. The molecule has 0 aliphatic carbocycles. The molecule has 4 rings (SSSR count). The van der Waals surface area contributed by atoms with Crippen molar-refractivity contribution in [1.82, 2.24) is 30.4 Å². The average Bonchev–Trinajstić information content (AvgIpc) is 3.25. The third kappa shape index (κ3) is 3.30. The van der Waals surface area contributed by atoms with Crippen LogP contribution in [0.5, 0.6) is 0 Å². The summed E-state index contributed by atoms with van der Waals surface area (Å²) >= 11 is 12.7. The number of aromatic nitrogens is 6. The average molecular weight is 387 g/mol. The molecule has 0 saturated heterocycles. The van der Waals surface area contributed by atoms with Crippen molar-refractivity contribution >= 4 is 34.1 Å². The van der Waals surface area contributed by atoms with Crippen LogP contribution >= 0.6 is 23.2 Å². The predicted molar refractivity (Wildman–Crippen MR) is 102 cm³/mol. The maximum Gasteiger partial charge on any atom is 0.148 e. The number of rotatable bonds is 5. The highest BCUT2D eigenvalue weighted by Gasteiger charge is 2.12. The van der Waals surface area contributed by atoms with Crippen molar-refractivity contribution < 1.29 is 0 Å². The highest BCUT2D eigenvalue weighted by Crippen LogP contribution is 2.27. The van der Waals surface area contributed by atoms with Gasteiger partial charge in [0.1, 0.15) is 5.82 Å². The second kappa shape index (κ2) is 7.05. The topological polar surface area (TPSA) is 72.3 Å². The molecule has 6 nitrogen and oxygen atoms in total. The number of benzene rings is 2. The molecule has 8 heteroatoms. The fourth-order valence-corrected chi connectivity index (χ4v) is 3.56. The van der Waals surface area contributed by atoms with Gasteiger partial charge in [-0.05, 0) is 47.5 Å². The summed E-state index contributed by atoms with van der Waals surface area (Å²) in [5.41, 5.74) is 4.11. The second-order valence-corrected chi connectivity index (χ2v) is 6.96. The number of nitrogens with zero attached hydrogens (tertiary/aromatic N) is 5. The molecule has 1 N–H and O–H groups in total. The maximum atomic E-state index is 6.33. The number of halogens is 2. The zero-order chi connectivity index (χ0) is 18.1. The van der Waals surface area contributed by atoms with E-state index in [9.17, 15) is 0 Å². The van der Waals surface area contributed by atoms with Crippen LogP contribution in [-0.2, 0) is 19.4 Å². The molecule has 0 bridgehead atoms. The minimum atomic E-state index is 0.526. The van der Waals surface area contributed by atoms with Crippen LogP contribution in [0.15, 0.2) is 36.4 Å². The molecular formula is C18H16Cl2N6. The van der Waals surface area contributed by atoms with Crippen molar-refractivity contribution in [2.75, 3.05) is 0 Å². The first-order valence-corrected chi connectivity index (χ1v) is 8.99. The van der Waals surface area contributed by atoms with Gasteiger partial charge in [0.2, 0.25) is 0 Å². The molecule has 2 heterocycles. The summed E-state index contributed by atoms with van der Waals surface area (Å²) in [7, 11) is 0. The normalized spacial score (nSPS) is 11.3. The van der Waals surface area contributed by atoms with Gasteiger partial charge in [-0.1, -0.05) is 41.4 Å². The van der Waals surface area contributed by atoms with E-state index in [0.717, 1.165) is 40.8 Å². The summed E-state index contributed by atoms with van der Waals surface area (Å²) < 4.78 is 1.96. The van der Waals surface area contributed by atoms with Crippen molar-refractivity contribution in [2.24, 2.45) is 0 Å². The maximum absolute atomic E-state index is 6.33. The van der Waals surface area contributed by atoms with E-state index in [2.05, 4.69) is 43.9 Å². The number of nitrogens with one attached hydrogen (secondary N) is 1. The van der Waals surface area contributed by atoms with Gasteiger partial charge < -0.3 is 0 Å². The monoisotopic (exact) mass is 386 g/mol. The van der Waals surface area contributed by atoms with E-state index in [1.165, 1.54) is 5.56 Å². The highest BCUT2D eigenvalue weighted by molar-refractivity contribution is 6.36. The molecule has 0 unspecified atom stereocenters. The van der Waals surface area contributed by atoms with Crippen LogP contribution in [-0.4, -0.2) is 30.4 Å². The first kappa shape index (κ1) is 17.0. The van der Waals surface area contributed by atoms with Gasteiger partial charge in [0.05, 0.1) is 17.8 Å². The van der Waals surface area contributed by atoms with Gasteiger partial charge >= 0.3 is 0 Å². The Hall–Kier alpha value is -2.44. The fraction of sp³-hybridized carbons (Fsp3) is 0.222. The molecule has 0 spiro atoms. The lowest BCUT2D eigenvalue weighted by atomic mass is 10.1. The summed E-state index contributed by atoms with van der Waals surface area (Å²) in [5, 5.41) is 21.0. The molecule has 0 atom stereocenters. The van der Waals surface area contributed by atoms with Crippen LogP contribution in [0.25, 0.3) is 10.9 Å². The van der Waals surface area contributed by atoms with Crippen molar-refractivity contribution in [3.63, 3.8) is 0 Å². The summed E-state index contributed by atoms with van der Waals surface area (Å²) in [6.07, 6.45) is 1.59. The Bertz CT molecular complexity index is 1030. The van der Waals surface area contributed by atoms with Crippen LogP contribution < -0.4 is 0 Å². The summed E-state index contributed by atoms with van der Waals surface area (Å²) in [4.78, 5) is 0. The van der Waals surface area contributed by atoms with Crippen molar-refractivity contribution in [2.45, 2.75) is 26.3 Å². The van der Waals surface area contributed by atoms with Crippen LogP contribution in [0.2, 0.25) is 10.0 Å². The number of aryl methyl sites for hydroxylation is 3. The molecule has 0 amide bonds. The number of H-pyrrole nitrogens is 1. The largest absolute Gasteiger partial charge is 0.260 e. The number of hydrogen-bond donors (Lipinski definition) is 1. The van der Waals surface area contributed by atoms with Crippen molar-refractivity contribution in [1.29, 1.82) is 0 Å². The van der Waals surface area contributed by atoms with E-state index in [1.54, 1.807) is 0 Å². The lowest BCUT2D eigenvalue weighted by molar-refractivity contribution is 0.703. The Morgan fingerprint density at radius 1 is 1.08 bits per heavy atom. The Balaban J connectivity index is 1.67. The first-order chi connectivity index (χ1) is 12.6. The first-order valence-electron chi connectivity index (χ1n) is 8.23. The van der Waals surface area contributed by atoms with Crippen molar-refractivity contribution in [3.05, 3.63) is 69.1 Å². The minimum Gasteiger partial charge on any atom is -0.260 e. The van der Waals surface area contributed by atoms with Gasteiger partial charge in [-0.15, -0.1) is 5.10 Å². The third-order valence-corrected chi connectivity index (χ3v) is 5.12. The van der Waals surface area contributed by atoms with E-state index in [0.29, 0.717) is 16.6 Å². The molecule has 26 heavy (non-hydrogen) atoms. The van der Waals surface area contributed by atoms with E-state index in [1.807, 2.05) is 29.8 Å². The van der Waals surface area contributed by atoms with E-state index < -0.39 is 0 Å². The molecule has 0 fully saturated rings. The van der Waals surface area contributed by atoms with Gasteiger partial charge in [0, 0.05) is 27.4 Å². The Morgan fingerprint density at radius 3 is 2.62 bits per heavy atom. The van der Waals surface area contributed by atoms with Gasteiger partial charge in [0.25, 0.3) is 0 Å². The SMILES string of the molecule is Cc1nn(Cc2c(Cl)cccc2Cl)c2cc(CCc3nnn[nH]3)ccc12. The van der Waals surface area contributed by atoms with Gasteiger partial charge in [0.15, 0.2) is 0 Å². The van der Waals surface area contributed by atoms with Gasteiger partial charge in [-0.25, -0.2) is 5.10 Å². The molecule has 0 aliphatic rings. The second-order valence-electron chi connectivity index (χ2n) is 6.14. The van der Waals surface area contributed by atoms with Gasteiger partial charge in [-0.3, -0.25) is 4.68 Å². The van der Waals surface area contributed by atoms with E-state index >= 15 is 0 Å². The molecule has 2 aromatic heterocycles. The van der Waals surface area contributed by atoms with Gasteiger partial charge in [-0.2, -0.15) is 5.10 Å². The molecule has 2 aromatic carbocycles. The van der Waals surface area contributed by atoms with E-state index in [-0.39, 0.29) is 0 Å². The molecule has 0 radical (unpaired) electrons. The summed E-state index contributed by atoms with van der Waals surface area (Å²) in [6.45, 7) is 2.53. The van der Waals surface area contributed by atoms with Crippen LogP contribution in [0.1, 0.15) is 22.6 Å². The number of tetrazole rings is 1. The third-order valence-electron chi connectivity index (χ3n) is 4.41. The van der Waals surface area contributed by atoms with Crippen molar-refractivity contribution in [3.8, 4) is 0 Å². The zero-order valence-electron chi connectivity index (χ0n) is 14.1. The number of hydrogen-bond acceptors (Lipinski definition) is 4. The Morgan fingerprint density at radius 2 is 1.88 bits per heavy atom. The zero-order valence-corrected chi connectivity index (χ0v) is 15.6. The standard InChI is InChI=1S/C18H16Cl2N6/c1-11-13-7-5-12(6-8-18-21-24-25-22-18)9-17(13)26(23-11)10-14-15(19)3-2-4-16(14)20/h2-5,7,9H,6,8,10H2,1H3,(H,21,22,24,25).